The molecule has 0 bridgehead atoms. The topological polar surface area (TPSA) is 74.3 Å². The molecule has 8 heteroatoms. The summed E-state index contributed by atoms with van der Waals surface area (Å²) >= 11 is 1.47. The molecule has 1 aromatic carbocycles. The lowest BCUT2D eigenvalue weighted by Gasteiger charge is -2.23. The number of amides is 2. The number of halogens is 1. The average Bonchev–Trinajstić information content (AvgIpc) is 3.00. The number of thiazole rings is 1. The van der Waals surface area contributed by atoms with Crippen LogP contribution in [0.2, 0.25) is 0 Å². The summed E-state index contributed by atoms with van der Waals surface area (Å²) < 4.78 is 13.1. The summed E-state index contributed by atoms with van der Waals surface area (Å²) in [7, 11) is 0. The van der Waals surface area contributed by atoms with E-state index < -0.39 is 11.7 Å². The fourth-order valence-electron chi connectivity index (χ4n) is 2.63. The third kappa shape index (κ3) is 4.40. The minimum Gasteiger partial charge on any atom is -0.343 e. The van der Waals surface area contributed by atoms with Crippen molar-refractivity contribution in [3.8, 4) is 0 Å². The lowest BCUT2D eigenvalue weighted by atomic mass is 10.2. The van der Waals surface area contributed by atoms with Crippen LogP contribution in [0, 0.1) is 5.82 Å². The third-order valence-electron chi connectivity index (χ3n) is 4.00. The zero-order chi connectivity index (χ0) is 17.8. The van der Waals surface area contributed by atoms with Gasteiger partial charge in [-0.2, -0.15) is 0 Å². The van der Waals surface area contributed by atoms with Crippen LogP contribution in [0.1, 0.15) is 27.9 Å². The van der Waals surface area contributed by atoms with Gasteiger partial charge in [0.05, 0.1) is 12.2 Å². The van der Waals surface area contributed by atoms with Crippen LogP contribution in [-0.2, 0) is 17.8 Å². The van der Waals surface area contributed by atoms with Crippen molar-refractivity contribution in [2.75, 3.05) is 25.0 Å². The third-order valence-corrected chi connectivity index (χ3v) is 5.00. The second kappa shape index (κ2) is 7.71. The van der Waals surface area contributed by atoms with Gasteiger partial charge in [0.1, 0.15) is 5.82 Å². The lowest BCUT2D eigenvalue weighted by molar-refractivity contribution is -0.115. The summed E-state index contributed by atoms with van der Waals surface area (Å²) in [6.07, 6.45) is 0.881. The highest BCUT2D eigenvalue weighted by Crippen LogP contribution is 2.28. The van der Waals surface area contributed by atoms with E-state index in [-0.39, 0.29) is 18.0 Å². The standard InChI is InChI=1S/C17H19FN4O2S/c1-2-22-7-6-13-14(10-22)25-17(20-13)21-15(23)9-19-16(24)11-4-3-5-12(18)8-11/h3-5,8H,2,6-7,9-10H2,1H3,(H,19,24)(H,20,21,23). The van der Waals surface area contributed by atoms with Gasteiger partial charge in [-0.05, 0) is 24.7 Å². The monoisotopic (exact) mass is 362 g/mol. The number of likely N-dealkylation sites (N-methyl/N-ethyl adjacent to an activating group) is 1. The molecule has 0 radical (unpaired) electrons. The maximum atomic E-state index is 13.1. The molecule has 0 unspecified atom stereocenters. The predicted molar refractivity (Wildman–Crippen MR) is 94.1 cm³/mol. The van der Waals surface area contributed by atoms with Crippen molar-refractivity contribution in [1.29, 1.82) is 0 Å². The molecule has 2 N–H and O–H groups in total. The van der Waals surface area contributed by atoms with E-state index in [1.165, 1.54) is 34.4 Å². The van der Waals surface area contributed by atoms with Gasteiger partial charge in [-0.1, -0.05) is 13.0 Å². The van der Waals surface area contributed by atoms with Crippen LogP contribution in [0.5, 0.6) is 0 Å². The Morgan fingerprint density at radius 2 is 2.24 bits per heavy atom. The minimum absolute atomic E-state index is 0.178. The number of anilines is 1. The van der Waals surface area contributed by atoms with Crippen molar-refractivity contribution in [1.82, 2.24) is 15.2 Å². The van der Waals surface area contributed by atoms with Crippen LogP contribution in [0.25, 0.3) is 0 Å². The Balaban J connectivity index is 1.53. The van der Waals surface area contributed by atoms with Crippen molar-refractivity contribution in [3.05, 3.63) is 46.2 Å². The molecule has 1 aliphatic rings. The Morgan fingerprint density at radius 1 is 1.40 bits per heavy atom. The molecule has 0 fully saturated rings. The Morgan fingerprint density at radius 3 is 3.00 bits per heavy atom. The molecule has 25 heavy (non-hydrogen) atoms. The number of rotatable bonds is 5. The second-order valence-corrected chi connectivity index (χ2v) is 6.83. The molecule has 1 aliphatic heterocycles. The predicted octanol–water partition coefficient (Wildman–Crippen LogP) is 2.03. The summed E-state index contributed by atoms with van der Waals surface area (Å²) in [6, 6.07) is 5.32. The van der Waals surface area contributed by atoms with Crippen molar-refractivity contribution in [2.24, 2.45) is 0 Å². The van der Waals surface area contributed by atoms with E-state index in [9.17, 15) is 14.0 Å². The van der Waals surface area contributed by atoms with Gasteiger partial charge in [0.2, 0.25) is 5.91 Å². The molecule has 6 nitrogen and oxygen atoms in total. The van der Waals surface area contributed by atoms with Gasteiger partial charge in [-0.15, -0.1) is 11.3 Å². The van der Waals surface area contributed by atoms with Crippen molar-refractivity contribution < 1.29 is 14.0 Å². The van der Waals surface area contributed by atoms with Gasteiger partial charge >= 0.3 is 0 Å². The molecular formula is C17H19FN4O2S. The molecule has 0 atom stereocenters. The van der Waals surface area contributed by atoms with E-state index in [2.05, 4.69) is 27.4 Å². The van der Waals surface area contributed by atoms with Crippen LogP contribution in [0.15, 0.2) is 24.3 Å². The van der Waals surface area contributed by atoms with Crippen molar-refractivity contribution in [3.63, 3.8) is 0 Å². The first-order valence-corrected chi connectivity index (χ1v) is 8.91. The molecule has 2 heterocycles. The van der Waals surface area contributed by atoms with Crippen molar-refractivity contribution >= 4 is 28.3 Å². The molecule has 0 aliphatic carbocycles. The van der Waals surface area contributed by atoms with Gasteiger partial charge in [0.15, 0.2) is 5.13 Å². The number of hydrogen-bond acceptors (Lipinski definition) is 5. The normalized spacial score (nSPS) is 14.0. The zero-order valence-electron chi connectivity index (χ0n) is 13.8. The highest BCUT2D eigenvalue weighted by Gasteiger charge is 2.20. The fourth-order valence-corrected chi connectivity index (χ4v) is 3.69. The molecular weight excluding hydrogens is 343 g/mol. The summed E-state index contributed by atoms with van der Waals surface area (Å²) in [6.45, 7) is 4.75. The molecule has 1 aromatic heterocycles. The first-order valence-electron chi connectivity index (χ1n) is 8.09. The van der Waals surface area contributed by atoms with Crippen LogP contribution >= 0.6 is 11.3 Å². The number of nitrogens with zero attached hydrogens (tertiary/aromatic N) is 2. The molecule has 3 rings (SSSR count). The van der Waals surface area contributed by atoms with Gasteiger partial charge in [-0.25, -0.2) is 9.37 Å². The highest BCUT2D eigenvalue weighted by molar-refractivity contribution is 7.15. The van der Waals surface area contributed by atoms with Crippen LogP contribution in [-0.4, -0.2) is 41.3 Å². The number of benzene rings is 1. The van der Waals surface area contributed by atoms with E-state index >= 15 is 0 Å². The molecule has 2 amide bonds. The van der Waals surface area contributed by atoms with E-state index in [0.717, 1.165) is 37.8 Å². The fraction of sp³-hybridized carbons (Fsp3) is 0.353. The Labute approximate surface area is 149 Å². The number of aromatic nitrogens is 1. The maximum absolute atomic E-state index is 13.1. The van der Waals surface area contributed by atoms with Gasteiger partial charge < -0.3 is 10.6 Å². The number of nitrogens with one attached hydrogen (secondary N) is 2. The maximum Gasteiger partial charge on any atom is 0.251 e. The smallest absolute Gasteiger partial charge is 0.251 e. The average molecular weight is 362 g/mol. The molecule has 132 valence electrons. The van der Waals surface area contributed by atoms with E-state index in [1.54, 1.807) is 0 Å². The molecule has 0 spiro atoms. The quantitative estimate of drug-likeness (QED) is 0.854. The SMILES string of the molecule is CCN1CCc2nc(NC(=O)CNC(=O)c3cccc(F)c3)sc2C1. The van der Waals surface area contributed by atoms with E-state index in [0.29, 0.717) is 5.13 Å². The Kier molecular flexibility index (Phi) is 5.40. The van der Waals surface area contributed by atoms with Crippen molar-refractivity contribution in [2.45, 2.75) is 19.9 Å². The Hall–Kier alpha value is -2.32. The lowest BCUT2D eigenvalue weighted by Crippen LogP contribution is -2.32. The molecule has 0 saturated heterocycles. The van der Waals surface area contributed by atoms with Crippen LogP contribution in [0.4, 0.5) is 9.52 Å². The number of carbonyl (C=O) groups excluding carboxylic acids is 2. The van der Waals surface area contributed by atoms with Crippen LogP contribution in [0.3, 0.4) is 0 Å². The summed E-state index contributed by atoms with van der Waals surface area (Å²) in [5.41, 5.74) is 1.21. The van der Waals surface area contributed by atoms with Gasteiger partial charge in [0.25, 0.3) is 5.91 Å². The number of hydrogen-bond donors (Lipinski definition) is 2. The second-order valence-electron chi connectivity index (χ2n) is 5.75. The molecule has 0 saturated carbocycles. The van der Waals surface area contributed by atoms with Gasteiger partial charge in [-0.3, -0.25) is 14.5 Å². The first-order chi connectivity index (χ1) is 12.0. The summed E-state index contributed by atoms with van der Waals surface area (Å²) in [5, 5.41) is 5.74. The Bertz CT molecular complexity index is 793. The summed E-state index contributed by atoms with van der Waals surface area (Å²) in [4.78, 5) is 31.9. The van der Waals surface area contributed by atoms with E-state index in [4.69, 9.17) is 0 Å². The first kappa shape index (κ1) is 17.5. The highest BCUT2D eigenvalue weighted by atomic mass is 32.1. The van der Waals surface area contributed by atoms with E-state index in [1.807, 2.05) is 0 Å². The largest absolute Gasteiger partial charge is 0.343 e. The molecule has 2 aromatic rings. The number of carbonyl (C=O) groups is 2. The van der Waals surface area contributed by atoms with Crippen LogP contribution < -0.4 is 10.6 Å². The van der Waals surface area contributed by atoms with Gasteiger partial charge in [0, 0.05) is 30.0 Å². The zero-order valence-corrected chi connectivity index (χ0v) is 14.7. The summed E-state index contributed by atoms with van der Waals surface area (Å²) in [5.74, 6) is -1.35. The number of fused-ring (bicyclic) bond motifs is 1. The minimum atomic E-state index is -0.494.